The van der Waals surface area contributed by atoms with Gasteiger partial charge in [0.15, 0.2) is 5.96 Å². The minimum atomic E-state index is 0. The van der Waals surface area contributed by atoms with Gasteiger partial charge in [-0.25, -0.2) is 4.98 Å². The maximum Gasteiger partial charge on any atom is 0.228 e. The van der Waals surface area contributed by atoms with Gasteiger partial charge in [0.2, 0.25) is 11.7 Å². The van der Waals surface area contributed by atoms with Crippen LogP contribution in [0.1, 0.15) is 29.6 Å². The van der Waals surface area contributed by atoms with Crippen LogP contribution in [0.15, 0.2) is 40.0 Å². The highest BCUT2D eigenvalue weighted by atomic mass is 127. The molecule has 2 N–H and O–H groups in total. The zero-order chi connectivity index (χ0) is 20.5. The van der Waals surface area contributed by atoms with E-state index in [1.165, 1.54) is 4.88 Å². The smallest absolute Gasteiger partial charge is 0.228 e. The normalized spacial score (nSPS) is 11.2. The van der Waals surface area contributed by atoms with Gasteiger partial charge in [-0.2, -0.15) is 4.98 Å². The molecule has 0 fully saturated rings. The predicted octanol–water partition coefficient (Wildman–Crippen LogP) is 4.37. The van der Waals surface area contributed by atoms with Crippen molar-refractivity contribution < 1.29 is 4.52 Å². The molecule has 0 aliphatic heterocycles. The van der Waals surface area contributed by atoms with Crippen LogP contribution < -0.4 is 10.6 Å². The van der Waals surface area contributed by atoms with Crippen molar-refractivity contribution in [2.24, 2.45) is 4.99 Å². The topological polar surface area (TPSA) is 88.2 Å². The highest BCUT2D eigenvalue weighted by Crippen LogP contribution is 2.18. The average molecular weight is 561 g/mol. The Morgan fingerprint density at radius 2 is 1.97 bits per heavy atom. The first kappa shape index (κ1) is 24.5. The fourth-order valence-electron chi connectivity index (χ4n) is 2.59. The van der Waals surface area contributed by atoms with Gasteiger partial charge in [0.25, 0.3) is 0 Å². The van der Waals surface area contributed by atoms with Crippen molar-refractivity contribution in [3.05, 3.63) is 51.3 Å². The van der Waals surface area contributed by atoms with Crippen LogP contribution in [-0.4, -0.2) is 40.7 Å². The van der Waals surface area contributed by atoms with Gasteiger partial charge in [-0.1, -0.05) is 23.7 Å². The Bertz CT molecular complexity index is 928. The lowest BCUT2D eigenvalue weighted by molar-refractivity contribution is 0.378. The number of nitrogens with one attached hydrogen (secondary N) is 2. The largest absolute Gasteiger partial charge is 0.357 e. The second-order valence-corrected chi connectivity index (χ2v) is 7.92. The molecule has 0 unspecified atom stereocenters. The molecule has 162 valence electrons. The molecule has 0 bridgehead atoms. The van der Waals surface area contributed by atoms with Crippen LogP contribution in [0.5, 0.6) is 0 Å². The first-order valence-corrected chi connectivity index (χ1v) is 10.9. The van der Waals surface area contributed by atoms with Crippen molar-refractivity contribution in [3.8, 4) is 11.4 Å². The van der Waals surface area contributed by atoms with Gasteiger partial charge in [0.05, 0.1) is 5.01 Å². The Kier molecular flexibility index (Phi) is 10.5. The first-order chi connectivity index (χ1) is 14.2. The van der Waals surface area contributed by atoms with Crippen molar-refractivity contribution >= 4 is 52.9 Å². The zero-order valence-electron chi connectivity index (χ0n) is 17.0. The Morgan fingerprint density at radius 1 is 1.17 bits per heavy atom. The molecule has 0 saturated carbocycles. The van der Waals surface area contributed by atoms with Crippen LogP contribution in [0.4, 0.5) is 0 Å². The number of aromatic nitrogens is 3. The summed E-state index contributed by atoms with van der Waals surface area (Å²) >= 11 is 7.67. The predicted molar refractivity (Wildman–Crippen MR) is 133 cm³/mol. The Labute approximate surface area is 202 Å². The number of hydrogen-bond donors (Lipinski definition) is 2. The van der Waals surface area contributed by atoms with Crippen molar-refractivity contribution in [1.82, 2.24) is 25.8 Å². The highest BCUT2D eigenvalue weighted by Gasteiger charge is 2.09. The zero-order valence-corrected chi connectivity index (χ0v) is 20.9. The van der Waals surface area contributed by atoms with Crippen molar-refractivity contribution in [1.29, 1.82) is 0 Å². The van der Waals surface area contributed by atoms with E-state index in [1.54, 1.807) is 11.3 Å². The molecule has 0 aliphatic carbocycles. The summed E-state index contributed by atoms with van der Waals surface area (Å²) in [6.07, 6.45) is 4.43. The van der Waals surface area contributed by atoms with Crippen molar-refractivity contribution in [2.45, 2.75) is 33.1 Å². The van der Waals surface area contributed by atoms with Crippen LogP contribution in [-0.2, 0) is 19.3 Å². The number of benzene rings is 1. The summed E-state index contributed by atoms with van der Waals surface area (Å²) < 4.78 is 5.34. The van der Waals surface area contributed by atoms with E-state index in [0.717, 1.165) is 35.9 Å². The second-order valence-electron chi connectivity index (χ2n) is 6.28. The van der Waals surface area contributed by atoms with Crippen molar-refractivity contribution in [3.63, 3.8) is 0 Å². The van der Waals surface area contributed by atoms with Crippen LogP contribution in [0, 0.1) is 0 Å². The molecule has 0 amide bonds. The lowest BCUT2D eigenvalue weighted by atomic mass is 10.2. The third kappa shape index (κ3) is 7.51. The van der Waals surface area contributed by atoms with Crippen LogP contribution in [0.25, 0.3) is 11.4 Å². The van der Waals surface area contributed by atoms with Gasteiger partial charge in [-0.3, -0.25) is 4.99 Å². The number of rotatable bonds is 9. The van der Waals surface area contributed by atoms with Gasteiger partial charge < -0.3 is 15.2 Å². The molecule has 2 heterocycles. The molecule has 30 heavy (non-hydrogen) atoms. The molecule has 0 spiro atoms. The molecular weight excluding hydrogens is 535 g/mol. The minimum absolute atomic E-state index is 0. The summed E-state index contributed by atoms with van der Waals surface area (Å²) in [5.41, 5.74) is 0.876. The number of halogens is 2. The summed E-state index contributed by atoms with van der Waals surface area (Å²) in [6, 6.07) is 7.36. The quantitative estimate of drug-likeness (QED) is 0.230. The average Bonchev–Trinajstić information content (AvgIpc) is 3.38. The maximum absolute atomic E-state index is 5.91. The Morgan fingerprint density at radius 3 is 2.67 bits per heavy atom. The van der Waals surface area contributed by atoms with Gasteiger partial charge >= 0.3 is 0 Å². The standard InChI is InChI=1S/C20H25ClN6OS.HI/c1-3-16-13-25-18(29-16)10-12-24-20(22-4-2)23-11-9-17-26-19(27-28-17)14-5-7-15(21)8-6-14;/h5-8,13H,3-4,9-12H2,1-2H3,(H2,22,23,24);1H. The van der Waals surface area contributed by atoms with E-state index >= 15 is 0 Å². The van der Waals surface area contributed by atoms with Gasteiger partial charge in [0, 0.05) is 54.1 Å². The fourth-order valence-corrected chi connectivity index (χ4v) is 3.57. The number of aliphatic imine (C=N–C) groups is 1. The van der Waals surface area contributed by atoms with E-state index in [9.17, 15) is 0 Å². The van der Waals surface area contributed by atoms with E-state index in [2.05, 4.69) is 37.7 Å². The van der Waals surface area contributed by atoms with E-state index in [0.29, 0.717) is 36.2 Å². The summed E-state index contributed by atoms with van der Waals surface area (Å²) in [7, 11) is 0. The highest BCUT2D eigenvalue weighted by molar-refractivity contribution is 14.0. The number of aryl methyl sites for hydroxylation is 1. The molecule has 0 aliphatic rings. The molecule has 0 atom stereocenters. The van der Waals surface area contributed by atoms with E-state index < -0.39 is 0 Å². The molecule has 0 radical (unpaired) electrons. The monoisotopic (exact) mass is 560 g/mol. The Hall–Kier alpha value is -1.72. The summed E-state index contributed by atoms with van der Waals surface area (Å²) in [5.74, 6) is 1.91. The summed E-state index contributed by atoms with van der Waals surface area (Å²) in [4.78, 5) is 14.8. The van der Waals surface area contributed by atoms with Gasteiger partial charge in [-0.15, -0.1) is 35.3 Å². The molecular formula is C20H26ClIN6OS. The molecule has 10 heteroatoms. The lowest BCUT2D eigenvalue weighted by Crippen LogP contribution is -2.38. The van der Waals surface area contributed by atoms with Crippen LogP contribution >= 0.6 is 46.9 Å². The third-order valence-corrected chi connectivity index (χ3v) is 5.54. The maximum atomic E-state index is 5.91. The molecule has 2 aromatic heterocycles. The van der Waals surface area contributed by atoms with Gasteiger partial charge in [-0.05, 0) is 37.6 Å². The molecule has 3 aromatic rings. The summed E-state index contributed by atoms with van der Waals surface area (Å²) in [6.45, 7) is 6.31. The van der Waals surface area contributed by atoms with E-state index in [1.807, 2.05) is 37.4 Å². The molecule has 7 nitrogen and oxygen atoms in total. The molecule has 1 aromatic carbocycles. The fraction of sp³-hybridized carbons (Fsp3) is 0.400. The van der Waals surface area contributed by atoms with Crippen LogP contribution in [0.2, 0.25) is 5.02 Å². The molecule has 3 rings (SSSR count). The first-order valence-electron chi connectivity index (χ1n) is 9.72. The number of thiazole rings is 1. The molecule has 0 saturated heterocycles. The number of nitrogens with zero attached hydrogens (tertiary/aromatic N) is 4. The van der Waals surface area contributed by atoms with E-state index in [4.69, 9.17) is 16.1 Å². The SMILES string of the molecule is CCNC(=NCCc1ncc(CC)s1)NCCc1nc(-c2ccc(Cl)cc2)no1.I. The minimum Gasteiger partial charge on any atom is -0.357 e. The summed E-state index contributed by atoms with van der Waals surface area (Å²) in [5, 5.41) is 12.4. The lowest BCUT2D eigenvalue weighted by Gasteiger charge is -2.09. The number of guanidine groups is 1. The van der Waals surface area contributed by atoms with Crippen LogP contribution in [0.3, 0.4) is 0 Å². The second kappa shape index (κ2) is 12.9. The van der Waals surface area contributed by atoms with E-state index in [-0.39, 0.29) is 24.0 Å². The number of hydrogen-bond acceptors (Lipinski definition) is 6. The third-order valence-electron chi connectivity index (χ3n) is 4.09. The van der Waals surface area contributed by atoms with Crippen molar-refractivity contribution in [2.75, 3.05) is 19.6 Å². The Balaban J connectivity index is 0.00000320. The van der Waals surface area contributed by atoms with Gasteiger partial charge in [0.1, 0.15) is 0 Å².